The first-order chi connectivity index (χ1) is 11.6. The molecule has 0 aliphatic carbocycles. The van der Waals surface area contributed by atoms with E-state index < -0.39 is 5.97 Å². The Balaban J connectivity index is 1.72. The Bertz CT molecular complexity index is 858. The number of carbonyl (C=O) groups is 1. The SMILES string of the molecule is O=C(O)c1cc2cccc(OCCOc3ccccc3)c2cc1O. The second-order valence-corrected chi connectivity index (χ2v) is 5.16. The van der Waals surface area contributed by atoms with Crippen molar-refractivity contribution in [3.05, 3.63) is 66.2 Å². The van der Waals surface area contributed by atoms with Crippen molar-refractivity contribution in [2.24, 2.45) is 0 Å². The van der Waals surface area contributed by atoms with Crippen LogP contribution in [0.4, 0.5) is 0 Å². The van der Waals surface area contributed by atoms with Gasteiger partial charge in [0.05, 0.1) is 0 Å². The van der Waals surface area contributed by atoms with Gasteiger partial charge in [0.25, 0.3) is 0 Å². The fourth-order valence-corrected chi connectivity index (χ4v) is 2.41. The number of phenols is 1. The van der Waals surface area contributed by atoms with E-state index in [1.807, 2.05) is 30.3 Å². The van der Waals surface area contributed by atoms with Gasteiger partial charge in [0.1, 0.15) is 36.0 Å². The molecule has 5 nitrogen and oxygen atoms in total. The maximum absolute atomic E-state index is 11.1. The zero-order valence-electron chi connectivity index (χ0n) is 12.8. The standard InChI is InChI=1S/C19H16O5/c20-17-12-15-13(11-16(17)19(21)22)5-4-8-18(15)24-10-9-23-14-6-2-1-3-7-14/h1-8,11-12,20H,9-10H2,(H,21,22). The van der Waals surface area contributed by atoms with E-state index in [4.69, 9.17) is 14.6 Å². The van der Waals surface area contributed by atoms with Crippen LogP contribution >= 0.6 is 0 Å². The van der Waals surface area contributed by atoms with Gasteiger partial charge in [0.15, 0.2) is 0 Å². The summed E-state index contributed by atoms with van der Waals surface area (Å²) in [6, 6.07) is 17.6. The third kappa shape index (κ3) is 3.41. The second kappa shape index (κ2) is 6.91. The molecule has 0 saturated carbocycles. The molecule has 3 rings (SSSR count). The average Bonchev–Trinajstić information content (AvgIpc) is 2.59. The Morgan fingerprint density at radius 3 is 2.42 bits per heavy atom. The summed E-state index contributed by atoms with van der Waals surface area (Å²) in [5, 5.41) is 20.3. The molecule has 0 aliphatic rings. The van der Waals surface area contributed by atoms with Crippen molar-refractivity contribution < 1.29 is 24.5 Å². The van der Waals surface area contributed by atoms with Gasteiger partial charge in [-0.05, 0) is 35.7 Å². The Labute approximate surface area is 138 Å². The molecule has 122 valence electrons. The zero-order valence-corrected chi connectivity index (χ0v) is 12.8. The zero-order chi connectivity index (χ0) is 16.9. The summed E-state index contributed by atoms with van der Waals surface area (Å²) in [6.07, 6.45) is 0. The number of carboxylic acid groups (broad SMARTS) is 1. The predicted octanol–water partition coefficient (Wildman–Crippen LogP) is 3.70. The lowest BCUT2D eigenvalue weighted by Gasteiger charge is -2.11. The van der Waals surface area contributed by atoms with Crippen LogP contribution in [0.3, 0.4) is 0 Å². The molecule has 3 aromatic rings. The number of fused-ring (bicyclic) bond motifs is 1. The maximum Gasteiger partial charge on any atom is 0.339 e. The molecule has 0 spiro atoms. The van der Waals surface area contributed by atoms with Crippen molar-refractivity contribution in [3.8, 4) is 17.2 Å². The molecule has 0 atom stereocenters. The number of aromatic hydroxyl groups is 1. The van der Waals surface area contributed by atoms with Gasteiger partial charge in [-0.15, -0.1) is 0 Å². The summed E-state index contributed by atoms with van der Waals surface area (Å²) >= 11 is 0. The lowest BCUT2D eigenvalue weighted by molar-refractivity contribution is 0.0694. The summed E-state index contributed by atoms with van der Waals surface area (Å²) < 4.78 is 11.3. The molecule has 0 amide bonds. The summed E-state index contributed by atoms with van der Waals surface area (Å²) in [6.45, 7) is 0.703. The maximum atomic E-state index is 11.1. The topological polar surface area (TPSA) is 76.0 Å². The van der Waals surface area contributed by atoms with Crippen LogP contribution in [0.2, 0.25) is 0 Å². The monoisotopic (exact) mass is 324 g/mol. The van der Waals surface area contributed by atoms with Crippen molar-refractivity contribution in [3.63, 3.8) is 0 Å². The van der Waals surface area contributed by atoms with E-state index >= 15 is 0 Å². The number of para-hydroxylation sites is 1. The lowest BCUT2D eigenvalue weighted by atomic mass is 10.1. The van der Waals surface area contributed by atoms with Gasteiger partial charge in [-0.1, -0.05) is 30.3 Å². The highest BCUT2D eigenvalue weighted by atomic mass is 16.5. The van der Waals surface area contributed by atoms with E-state index in [9.17, 15) is 9.90 Å². The molecule has 0 radical (unpaired) electrons. The minimum absolute atomic E-state index is 0.132. The third-order valence-corrected chi connectivity index (χ3v) is 3.54. The Hall–Kier alpha value is -3.21. The van der Waals surface area contributed by atoms with E-state index in [2.05, 4.69) is 0 Å². The fraction of sp³-hybridized carbons (Fsp3) is 0.105. The van der Waals surface area contributed by atoms with E-state index in [-0.39, 0.29) is 11.3 Å². The summed E-state index contributed by atoms with van der Waals surface area (Å²) in [7, 11) is 0. The number of carboxylic acids is 1. The number of hydrogen-bond donors (Lipinski definition) is 2. The Morgan fingerprint density at radius 2 is 1.67 bits per heavy atom. The first-order valence-corrected chi connectivity index (χ1v) is 7.45. The number of hydrogen-bond acceptors (Lipinski definition) is 4. The number of ether oxygens (including phenoxy) is 2. The minimum atomic E-state index is -1.17. The molecule has 0 saturated heterocycles. The Kier molecular flexibility index (Phi) is 4.52. The smallest absolute Gasteiger partial charge is 0.339 e. The molecular formula is C19H16O5. The van der Waals surface area contributed by atoms with Crippen molar-refractivity contribution in [1.29, 1.82) is 0 Å². The van der Waals surface area contributed by atoms with Crippen LogP contribution in [-0.4, -0.2) is 29.4 Å². The van der Waals surface area contributed by atoms with Gasteiger partial charge < -0.3 is 19.7 Å². The Morgan fingerprint density at radius 1 is 0.917 bits per heavy atom. The fourth-order valence-electron chi connectivity index (χ4n) is 2.41. The van der Waals surface area contributed by atoms with Crippen LogP contribution in [0.5, 0.6) is 17.2 Å². The van der Waals surface area contributed by atoms with Crippen LogP contribution in [-0.2, 0) is 0 Å². The van der Waals surface area contributed by atoms with Crippen LogP contribution in [0.1, 0.15) is 10.4 Å². The van der Waals surface area contributed by atoms with Gasteiger partial charge in [-0.25, -0.2) is 4.79 Å². The van der Waals surface area contributed by atoms with Crippen LogP contribution in [0, 0.1) is 0 Å². The van der Waals surface area contributed by atoms with Crippen LogP contribution < -0.4 is 9.47 Å². The van der Waals surface area contributed by atoms with Crippen molar-refractivity contribution in [2.75, 3.05) is 13.2 Å². The van der Waals surface area contributed by atoms with Crippen LogP contribution in [0.15, 0.2) is 60.7 Å². The molecule has 0 heterocycles. The predicted molar refractivity (Wildman–Crippen MR) is 90.0 cm³/mol. The lowest BCUT2D eigenvalue weighted by Crippen LogP contribution is -2.09. The average molecular weight is 324 g/mol. The third-order valence-electron chi connectivity index (χ3n) is 3.54. The molecule has 5 heteroatoms. The first kappa shape index (κ1) is 15.7. The molecule has 0 unspecified atom stereocenters. The molecule has 2 N–H and O–H groups in total. The highest BCUT2D eigenvalue weighted by Gasteiger charge is 2.13. The number of rotatable bonds is 6. The summed E-state index contributed by atoms with van der Waals surface area (Å²) in [4.78, 5) is 11.1. The van der Waals surface area contributed by atoms with E-state index in [0.29, 0.717) is 29.7 Å². The van der Waals surface area contributed by atoms with Crippen molar-refractivity contribution >= 4 is 16.7 Å². The second-order valence-electron chi connectivity index (χ2n) is 5.16. The van der Waals surface area contributed by atoms with Crippen LogP contribution in [0.25, 0.3) is 10.8 Å². The molecule has 0 fully saturated rings. The first-order valence-electron chi connectivity index (χ1n) is 7.45. The van der Waals surface area contributed by atoms with Gasteiger partial charge in [0.2, 0.25) is 0 Å². The number of benzene rings is 3. The highest BCUT2D eigenvalue weighted by molar-refractivity contribution is 5.99. The van der Waals surface area contributed by atoms with Crippen molar-refractivity contribution in [1.82, 2.24) is 0 Å². The van der Waals surface area contributed by atoms with Gasteiger partial charge in [-0.3, -0.25) is 0 Å². The van der Waals surface area contributed by atoms with Gasteiger partial charge >= 0.3 is 5.97 Å². The van der Waals surface area contributed by atoms with Gasteiger partial charge in [0, 0.05) is 5.39 Å². The molecule has 0 aliphatic heterocycles. The highest BCUT2D eigenvalue weighted by Crippen LogP contribution is 2.31. The quantitative estimate of drug-likeness (QED) is 0.676. The normalized spacial score (nSPS) is 10.5. The van der Waals surface area contributed by atoms with E-state index in [1.54, 1.807) is 18.2 Å². The largest absolute Gasteiger partial charge is 0.507 e. The van der Waals surface area contributed by atoms with E-state index in [1.165, 1.54) is 12.1 Å². The molecule has 24 heavy (non-hydrogen) atoms. The molecule has 0 bridgehead atoms. The number of aromatic carboxylic acids is 1. The molecule has 0 aromatic heterocycles. The van der Waals surface area contributed by atoms with Crippen molar-refractivity contribution in [2.45, 2.75) is 0 Å². The minimum Gasteiger partial charge on any atom is -0.507 e. The summed E-state index contributed by atoms with van der Waals surface area (Å²) in [5.41, 5.74) is -0.132. The molecule has 3 aromatic carbocycles. The summed E-state index contributed by atoms with van der Waals surface area (Å²) in [5.74, 6) is -0.122. The van der Waals surface area contributed by atoms with E-state index in [0.717, 1.165) is 5.75 Å². The molecular weight excluding hydrogens is 308 g/mol. The van der Waals surface area contributed by atoms with Gasteiger partial charge in [-0.2, -0.15) is 0 Å².